The number of thioether (sulfide) groups is 1. The Kier molecular flexibility index (Phi) is 5.08. The van der Waals surface area contributed by atoms with Crippen LogP contribution in [0.5, 0.6) is 0 Å². The van der Waals surface area contributed by atoms with Crippen LogP contribution in [0, 0.1) is 0 Å². The van der Waals surface area contributed by atoms with Crippen molar-refractivity contribution in [2.75, 3.05) is 18.8 Å². The molecule has 1 fully saturated rings. The van der Waals surface area contributed by atoms with Gasteiger partial charge in [-0.2, -0.15) is 0 Å². The molecule has 0 bridgehead atoms. The zero-order valence-corrected chi connectivity index (χ0v) is 12.5. The van der Waals surface area contributed by atoms with Crippen molar-refractivity contribution in [3.63, 3.8) is 0 Å². The van der Waals surface area contributed by atoms with Crippen molar-refractivity contribution in [1.82, 2.24) is 4.90 Å². The molecule has 0 aliphatic carbocycles. The zero-order chi connectivity index (χ0) is 15.4. The highest BCUT2D eigenvalue weighted by Crippen LogP contribution is 2.32. The second kappa shape index (κ2) is 6.82. The number of hydrogen-bond acceptors (Lipinski definition) is 5. The molecule has 2 N–H and O–H groups in total. The molecule has 1 atom stereocenters. The number of fused-ring (bicyclic) bond motifs is 1. The van der Waals surface area contributed by atoms with Gasteiger partial charge in [0, 0.05) is 23.9 Å². The molecule has 0 amide bonds. The number of aliphatic carboxylic acids is 2. The predicted octanol–water partition coefficient (Wildman–Crippen LogP) is 1.96. The standard InChI is InChI=1S/C11H11ClN2S.C2H2O4/c12-9-3-1-8(2-4-9)10-7-14-5-6-15-11(14)13-10;3-1(4)2(5)6/h1-4,10H,5-7H2;(H,3,4)(H,5,6). The molecule has 112 valence electrons. The molecule has 3 rings (SSSR count). The molecule has 1 saturated heterocycles. The van der Waals surface area contributed by atoms with E-state index in [1.165, 1.54) is 16.5 Å². The van der Waals surface area contributed by atoms with Gasteiger partial charge in [0.2, 0.25) is 0 Å². The van der Waals surface area contributed by atoms with Crippen LogP contribution in [0.15, 0.2) is 29.3 Å². The summed E-state index contributed by atoms with van der Waals surface area (Å²) in [5.74, 6) is -2.46. The minimum atomic E-state index is -1.82. The molecule has 0 saturated carbocycles. The molecule has 2 aliphatic heterocycles. The van der Waals surface area contributed by atoms with Crippen molar-refractivity contribution < 1.29 is 19.8 Å². The second-order valence-corrected chi connectivity index (χ2v) is 5.88. The number of carboxylic acids is 2. The van der Waals surface area contributed by atoms with Gasteiger partial charge in [-0.15, -0.1) is 0 Å². The number of amidine groups is 1. The number of benzene rings is 1. The van der Waals surface area contributed by atoms with Gasteiger partial charge in [0.1, 0.15) is 0 Å². The molecule has 1 aromatic carbocycles. The molecular weight excluding hydrogens is 316 g/mol. The number of aliphatic imine (C=N–C) groups is 1. The van der Waals surface area contributed by atoms with E-state index < -0.39 is 11.9 Å². The lowest BCUT2D eigenvalue weighted by Gasteiger charge is -2.12. The van der Waals surface area contributed by atoms with Gasteiger partial charge >= 0.3 is 11.9 Å². The van der Waals surface area contributed by atoms with E-state index in [1.807, 2.05) is 23.9 Å². The van der Waals surface area contributed by atoms with Crippen LogP contribution in [0.1, 0.15) is 11.6 Å². The summed E-state index contributed by atoms with van der Waals surface area (Å²) >= 11 is 7.73. The molecule has 21 heavy (non-hydrogen) atoms. The largest absolute Gasteiger partial charge is 0.473 e. The number of carbonyl (C=O) groups is 2. The Morgan fingerprint density at radius 3 is 2.38 bits per heavy atom. The molecule has 2 aliphatic rings. The van der Waals surface area contributed by atoms with Crippen molar-refractivity contribution in [2.45, 2.75) is 6.04 Å². The molecule has 6 nitrogen and oxygen atoms in total. The van der Waals surface area contributed by atoms with Crippen LogP contribution in [0.4, 0.5) is 0 Å². The van der Waals surface area contributed by atoms with Crippen LogP contribution < -0.4 is 0 Å². The lowest BCUT2D eigenvalue weighted by atomic mass is 10.1. The summed E-state index contributed by atoms with van der Waals surface area (Å²) in [5.41, 5.74) is 1.27. The van der Waals surface area contributed by atoms with Crippen molar-refractivity contribution in [3.05, 3.63) is 34.9 Å². The topological polar surface area (TPSA) is 90.2 Å². The quantitative estimate of drug-likeness (QED) is 0.766. The van der Waals surface area contributed by atoms with Crippen molar-refractivity contribution in [3.8, 4) is 0 Å². The average Bonchev–Trinajstić information content (AvgIpc) is 3.01. The van der Waals surface area contributed by atoms with E-state index in [2.05, 4.69) is 17.0 Å². The summed E-state index contributed by atoms with van der Waals surface area (Å²) in [7, 11) is 0. The van der Waals surface area contributed by atoms with E-state index >= 15 is 0 Å². The van der Waals surface area contributed by atoms with Crippen LogP contribution in [0.25, 0.3) is 0 Å². The summed E-state index contributed by atoms with van der Waals surface area (Å²) in [6.45, 7) is 2.18. The van der Waals surface area contributed by atoms with Crippen molar-refractivity contribution in [2.24, 2.45) is 4.99 Å². The molecule has 1 unspecified atom stereocenters. The Morgan fingerprint density at radius 2 is 1.86 bits per heavy atom. The minimum Gasteiger partial charge on any atom is -0.473 e. The van der Waals surface area contributed by atoms with Gasteiger partial charge in [0.15, 0.2) is 5.17 Å². The van der Waals surface area contributed by atoms with E-state index in [4.69, 9.17) is 36.4 Å². The first kappa shape index (κ1) is 15.7. The third kappa shape index (κ3) is 4.12. The fourth-order valence-electron chi connectivity index (χ4n) is 1.97. The summed E-state index contributed by atoms with van der Waals surface area (Å²) in [5, 5.41) is 16.8. The Morgan fingerprint density at radius 1 is 1.24 bits per heavy atom. The molecule has 0 aromatic heterocycles. The first-order chi connectivity index (χ1) is 9.97. The zero-order valence-electron chi connectivity index (χ0n) is 10.9. The Balaban J connectivity index is 0.000000232. The first-order valence-electron chi connectivity index (χ1n) is 6.14. The third-order valence-electron chi connectivity index (χ3n) is 2.96. The lowest BCUT2D eigenvalue weighted by Crippen LogP contribution is -2.21. The van der Waals surface area contributed by atoms with Crippen molar-refractivity contribution >= 4 is 40.5 Å². The second-order valence-electron chi connectivity index (χ2n) is 4.38. The van der Waals surface area contributed by atoms with Crippen LogP contribution in [0.3, 0.4) is 0 Å². The van der Waals surface area contributed by atoms with E-state index in [0.717, 1.165) is 18.1 Å². The lowest BCUT2D eigenvalue weighted by molar-refractivity contribution is -0.159. The highest BCUT2D eigenvalue weighted by molar-refractivity contribution is 8.14. The Labute approximate surface area is 130 Å². The number of halogens is 1. The van der Waals surface area contributed by atoms with Crippen molar-refractivity contribution in [1.29, 1.82) is 0 Å². The molecule has 2 heterocycles. The van der Waals surface area contributed by atoms with Crippen LogP contribution >= 0.6 is 23.4 Å². The summed E-state index contributed by atoms with van der Waals surface area (Å²) in [6.07, 6.45) is 0. The van der Waals surface area contributed by atoms with Gasteiger partial charge in [-0.05, 0) is 17.7 Å². The number of rotatable bonds is 1. The van der Waals surface area contributed by atoms with Crippen LogP contribution in [-0.4, -0.2) is 51.1 Å². The average molecular weight is 329 g/mol. The first-order valence-corrected chi connectivity index (χ1v) is 7.51. The smallest absolute Gasteiger partial charge is 0.414 e. The van der Waals surface area contributed by atoms with E-state index in [9.17, 15) is 0 Å². The minimum absolute atomic E-state index is 0.310. The Hall–Kier alpha value is -1.73. The van der Waals surface area contributed by atoms with E-state index in [1.54, 1.807) is 0 Å². The maximum Gasteiger partial charge on any atom is 0.414 e. The molecular formula is C13H13ClN2O4S. The number of nitrogens with zero attached hydrogens (tertiary/aromatic N) is 2. The highest BCUT2D eigenvalue weighted by atomic mass is 35.5. The monoisotopic (exact) mass is 328 g/mol. The maximum atomic E-state index is 9.10. The summed E-state index contributed by atoms with van der Waals surface area (Å²) < 4.78 is 0. The molecule has 0 spiro atoms. The predicted molar refractivity (Wildman–Crippen MR) is 80.9 cm³/mol. The molecule has 0 radical (unpaired) electrons. The number of hydrogen-bond donors (Lipinski definition) is 2. The SMILES string of the molecule is Clc1ccc(C2CN3CCSC3=N2)cc1.O=C(O)C(=O)O. The van der Waals surface area contributed by atoms with Gasteiger partial charge in [0.25, 0.3) is 0 Å². The Bertz CT molecular complexity index is 564. The van der Waals surface area contributed by atoms with E-state index in [0.29, 0.717) is 6.04 Å². The van der Waals surface area contributed by atoms with Gasteiger partial charge in [-0.1, -0.05) is 35.5 Å². The third-order valence-corrected chi connectivity index (χ3v) is 4.22. The fraction of sp³-hybridized carbons (Fsp3) is 0.308. The van der Waals surface area contributed by atoms with Gasteiger partial charge < -0.3 is 15.1 Å². The van der Waals surface area contributed by atoms with Gasteiger partial charge in [0.05, 0.1) is 6.04 Å². The molecule has 8 heteroatoms. The maximum absolute atomic E-state index is 9.10. The van der Waals surface area contributed by atoms with E-state index in [-0.39, 0.29) is 0 Å². The normalized spacial score (nSPS) is 19.4. The summed E-state index contributed by atoms with van der Waals surface area (Å²) in [6, 6.07) is 8.33. The van der Waals surface area contributed by atoms with Crippen LogP contribution in [-0.2, 0) is 9.59 Å². The highest BCUT2D eigenvalue weighted by Gasteiger charge is 2.29. The molecule has 1 aromatic rings. The van der Waals surface area contributed by atoms with Gasteiger partial charge in [-0.3, -0.25) is 4.99 Å². The number of carboxylic acid groups (broad SMARTS) is 2. The summed E-state index contributed by atoms with van der Waals surface area (Å²) in [4.78, 5) is 25.3. The fourth-order valence-corrected chi connectivity index (χ4v) is 3.14. The van der Waals surface area contributed by atoms with Crippen LogP contribution in [0.2, 0.25) is 5.02 Å². The van der Waals surface area contributed by atoms with Gasteiger partial charge in [-0.25, -0.2) is 9.59 Å².